The molecule has 0 aromatic carbocycles. The molecule has 3 rings (SSSR count). The van der Waals surface area contributed by atoms with Crippen LogP contribution in [0.3, 0.4) is 0 Å². The van der Waals surface area contributed by atoms with E-state index in [4.69, 9.17) is 4.74 Å². The molecule has 2 aliphatic carbocycles. The molecular weight excluding hydrogens is 410 g/mol. The molecule has 33 heavy (non-hydrogen) atoms. The van der Waals surface area contributed by atoms with Gasteiger partial charge in [-0.1, -0.05) is 90.2 Å². The molecule has 1 aliphatic heterocycles. The minimum Gasteiger partial charge on any atom is -0.367 e. The van der Waals surface area contributed by atoms with Crippen molar-refractivity contribution in [3.63, 3.8) is 0 Å². The number of rotatable bonds is 3. The van der Waals surface area contributed by atoms with Crippen LogP contribution in [0, 0.1) is 10.8 Å². The van der Waals surface area contributed by atoms with Gasteiger partial charge in [0.05, 0.1) is 0 Å². The number of ether oxygens (including phenoxy) is 1. The predicted octanol–water partition coefficient (Wildman–Crippen LogP) is 6.17. The summed E-state index contributed by atoms with van der Waals surface area (Å²) in [6, 6.07) is 0. The van der Waals surface area contributed by atoms with E-state index in [1.165, 1.54) is 0 Å². The molecule has 4 nitrogen and oxygen atoms in total. The number of hydrogen-bond donors (Lipinski definition) is 2. The minimum absolute atomic E-state index is 0.399. The molecule has 0 aromatic rings. The van der Waals surface area contributed by atoms with E-state index in [2.05, 4.69) is 54.7 Å². The number of aliphatic hydroxyl groups is 2. The largest absolute Gasteiger partial charge is 0.367 e. The maximum absolute atomic E-state index is 12.8. The monoisotopic (exact) mass is 453 g/mol. The van der Waals surface area contributed by atoms with E-state index in [0.717, 1.165) is 28.7 Å². The first-order valence-electron chi connectivity index (χ1n) is 12.0. The summed E-state index contributed by atoms with van der Waals surface area (Å²) in [6.45, 7) is 27.7. The van der Waals surface area contributed by atoms with Crippen LogP contribution in [-0.4, -0.2) is 38.9 Å². The molecule has 1 fully saturated rings. The van der Waals surface area contributed by atoms with Gasteiger partial charge in [-0.15, -0.1) is 0 Å². The van der Waals surface area contributed by atoms with E-state index < -0.39 is 28.0 Å². The Morgan fingerprint density at radius 2 is 1.21 bits per heavy atom. The zero-order valence-corrected chi connectivity index (χ0v) is 22.1. The van der Waals surface area contributed by atoms with Crippen molar-refractivity contribution in [2.75, 3.05) is 6.61 Å². The standard InChI is InChI=1S/C29H43NO3/c1-19-15-21(3)28(31,23(17-19)25(5,6)7)30(27(11)13-12-14-33-27)29(32)22(4)16-20(2)18-24(29)26(8,9)10/h15-18,31-32H,3-4,12-14H2,1-2,5-11H3. The summed E-state index contributed by atoms with van der Waals surface area (Å²) in [6.07, 6.45) is 9.35. The van der Waals surface area contributed by atoms with E-state index >= 15 is 0 Å². The van der Waals surface area contributed by atoms with E-state index in [1.54, 1.807) is 4.90 Å². The summed E-state index contributed by atoms with van der Waals surface area (Å²) in [5.41, 5.74) is -0.482. The van der Waals surface area contributed by atoms with Crippen LogP contribution in [0.15, 0.2) is 70.9 Å². The molecule has 1 heterocycles. The lowest BCUT2D eigenvalue weighted by atomic mass is 9.68. The highest BCUT2D eigenvalue weighted by molar-refractivity contribution is 5.55. The van der Waals surface area contributed by atoms with Gasteiger partial charge >= 0.3 is 0 Å². The smallest absolute Gasteiger partial charge is 0.172 e. The second kappa shape index (κ2) is 7.91. The van der Waals surface area contributed by atoms with Crippen molar-refractivity contribution in [1.82, 2.24) is 4.90 Å². The summed E-state index contributed by atoms with van der Waals surface area (Å²) in [5.74, 6) is 0. The Labute approximate surface area is 200 Å². The third-order valence-corrected chi connectivity index (χ3v) is 7.13. The molecule has 2 N–H and O–H groups in total. The van der Waals surface area contributed by atoms with E-state index in [0.29, 0.717) is 24.2 Å². The predicted molar refractivity (Wildman–Crippen MR) is 136 cm³/mol. The third-order valence-electron chi connectivity index (χ3n) is 7.13. The quantitative estimate of drug-likeness (QED) is 0.502. The van der Waals surface area contributed by atoms with Gasteiger partial charge in [-0.05, 0) is 66.7 Å². The average molecular weight is 454 g/mol. The van der Waals surface area contributed by atoms with Crippen molar-refractivity contribution in [2.24, 2.45) is 10.8 Å². The van der Waals surface area contributed by atoms with Crippen molar-refractivity contribution in [3.05, 3.63) is 70.9 Å². The van der Waals surface area contributed by atoms with Gasteiger partial charge < -0.3 is 14.9 Å². The van der Waals surface area contributed by atoms with Gasteiger partial charge in [-0.3, -0.25) is 0 Å². The average Bonchev–Trinajstić information content (AvgIpc) is 3.06. The van der Waals surface area contributed by atoms with Crippen LogP contribution in [0.5, 0.6) is 0 Å². The molecule has 182 valence electrons. The van der Waals surface area contributed by atoms with Crippen molar-refractivity contribution in [2.45, 2.75) is 92.3 Å². The summed E-state index contributed by atoms with van der Waals surface area (Å²) in [4.78, 5) is 1.77. The van der Waals surface area contributed by atoms with Gasteiger partial charge in [-0.2, -0.15) is 0 Å². The molecule has 0 spiro atoms. The molecule has 0 amide bonds. The maximum atomic E-state index is 12.8. The third kappa shape index (κ3) is 4.05. The van der Waals surface area contributed by atoms with Crippen molar-refractivity contribution in [1.29, 1.82) is 0 Å². The minimum atomic E-state index is -1.68. The molecule has 4 heteroatoms. The van der Waals surface area contributed by atoms with E-state index in [9.17, 15) is 10.2 Å². The lowest BCUT2D eigenvalue weighted by Gasteiger charge is -2.60. The van der Waals surface area contributed by atoms with Crippen LogP contribution in [-0.2, 0) is 4.74 Å². The van der Waals surface area contributed by atoms with Crippen molar-refractivity contribution in [3.8, 4) is 0 Å². The van der Waals surface area contributed by atoms with Gasteiger partial charge in [0.25, 0.3) is 0 Å². The Bertz CT molecular complexity index is 919. The van der Waals surface area contributed by atoms with Crippen molar-refractivity contribution >= 4 is 0 Å². The fourth-order valence-electron chi connectivity index (χ4n) is 5.70. The summed E-state index contributed by atoms with van der Waals surface area (Å²) in [5, 5.41) is 25.6. The first-order chi connectivity index (χ1) is 14.9. The second-order valence-electron chi connectivity index (χ2n) is 12.3. The molecule has 0 aromatic heterocycles. The Morgan fingerprint density at radius 1 is 0.818 bits per heavy atom. The van der Waals surface area contributed by atoms with E-state index in [-0.39, 0.29) is 0 Å². The van der Waals surface area contributed by atoms with Crippen LogP contribution in [0.1, 0.15) is 75.2 Å². The van der Waals surface area contributed by atoms with Gasteiger partial charge in [0.15, 0.2) is 11.4 Å². The molecule has 0 saturated carbocycles. The van der Waals surface area contributed by atoms with Crippen molar-refractivity contribution < 1.29 is 14.9 Å². The Morgan fingerprint density at radius 3 is 1.52 bits per heavy atom. The fraction of sp³-hybridized carbons (Fsp3) is 0.586. The van der Waals surface area contributed by atoms with Gasteiger partial charge in [-0.25, -0.2) is 4.90 Å². The molecule has 3 atom stereocenters. The lowest BCUT2D eigenvalue weighted by Crippen LogP contribution is -2.73. The summed E-state index contributed by atoms with van der Waals surface area (Å²) in [7, 11) is 0. The Kier molecular flexibility index (Phi) is 6.21. The first kappa shape index (κ1) is 25.9. The van der Waals surface area contributed by atoms with Crippen LogP contribution < -0.4 is 0 Å². The summed E-state index contributed by atoms with van der Waals surface area (Å²) >= 11 is 0. The summed E-state index contributed by atoms with van der Waals surface area (Å²) < 4.78 is 6.34. The highest BCUT2D eigenvalue weighted by Gasteiger charge is 2.63. The zero-order valence-electron chi connectivity index (χ0n) is 22.1. The van der Waals surface area contributed by atoms with Gasteiger partial charge in [0, 0.05) is 6.61 Å². The zero-order chi connectivity index (χ0) is 25.2. The maximum Gasteiger partial charge on any atom is 0.172 e. The van der Waals surface area contributed by atoms with Crippen LogP contribution in [0.4, 0.5) is 0 Å². The highest BCUT2D eigenvalue weighted by atomic mass is 16.5. The molecule has 0 radical (unpaired) electrons. The van der Waals surface area contributed by atoms with Crippen LogP contribution >= 0.6 is 0 Å². The van der Waals surface area contributed by atoms with Gasteiger partial charge in [0.1, 0.15) is 5.72 Å². The number of allylic oxidation sites excluding steroid dienone is 4. The SMILES string of the molecule is C=C1C=C(C)C=C(C(C)(C)C)C1(O)N(C1(C)CCCO1)C1(O)C(=C)C=C(C)C=C1C(C)(C)C. The molecule has 1 saturated heterocycles. The lowest BCUT2D eigenvalue weighted by molar-refractivity contribution is -0.275. The van der Waals surface area contributed by atoms with Crippen LogP contribution in [0.25, 0.3) is 0 Å². The topological polar surface area (TPSA) is 52.9 Å². The molecule has 3 unspecified atom stereocenters. The number of nitrogens with zero attached hydrogens (tertiary/aromatic N) is 1. The van der Waals surface area contributed by atoms with Gasteiger partial charge in [0.2, 0.25) is 0 Å². The number of hydrogen-bond acceptors (Lipinski definition) is 4. The van der Waals surface area contributed by atoms with E-state index in [1.807, 2.05) is 45.1 Å². The normalized spacial score (nSPS) is 33.7. The Hall–Kier alpha value is -1.72. The Balaban J connectivity index is 2.42. The molecule has 0 bridgehead atoms. The molecule has 3 aliphatic rings. The molecular formula is C29H43NO3. The second-order valence-corrected chi connectivity index (χ2v) is 12.3. The fourth-order valence-corrected chi connectivity index (χ4v) is 5.70. The highest BCUT2D eigenvalue weighted by Crippen LogP contribution is 2.56. The van der Waals surface area contributed by atoms with Crippen LogP contribution in [0.2, 0.25) is 0 Å². The first-order valence-corrected chi connectivity index (χ1v) is 12.0.